The number of carbonyl (C=O) groups is 2. The van der Waals surface area contributed by atoms with Crippen LogP contribution in [0.5, 0.6) is 5.75 Å². The fraction of sp³-hybridized carbons (Fsp3) is 0.286. The minimum atomic E-state index is -4.42. The molecule has 0 saturated carbocycles. The van der Waals surface area contributed by atoms with Crippen molar-refractivity contribution in [2.24, 2.45) is 0 Å². The van der Waals surface area contributed by atoms with Crippen molar-refractivity contribution in [2.45, 2.75) is 51.9 Å². The summed E-state index contributed by atoms with van der Waals surface area (Å²) in [4.78, 5) is 24.0. The summed E-state index contributed by atoms with van der Waals surface area (Å²) in [5.41, 5.74) is 1.04. The molecule has 3 aromatic rings. The number of carbonyl (C=O) groups excluding carboxylic acids is 1. The fourth-order valence-electron chi connectivity index (χ4n) is 3.67. The quantitative estimate of drug-likeness (QED) is 0.382. The molecule has 0 spiro atoms. The molecule has 0 heterocycles. The van der Waals surface area contributed by atoms with E-state index in [0.29, 0.717) is 28.9 Å². The first-order valence-corrected chi connectivity index (χ1v) is 11.4. The molecule has 0 bridgehead atoms. The van der Waals surface area contributed by atoms with Gasteiger partial charge in [-0.15, -0.1) is 0 Å². The Morgan fingerprint density at radius 3 is 2.22 bits per heavy atom. The number of nitrogens with one attached hydrogen (secondary N) is 1. The van der Waals surface area contributed by atoms with Crippen molar-refractivity contribution in [3.05, 3.63) is 89.0 Å². The van der Waals surface area contributed by atoms with Crippen LogP contribution in [0.3, 0.4) is 0 Å². The first-order chi connectivity index (χ1) is 16.8. The van der Waals surface area contributed by atoms with Gasteiger partial charge in [-0.3, -0.25) is 4.79 Å². The Balaban J connectivity index is 1.63. The zero-order valence-electron chi connectivity index (χ0n) is 20.4. The Hall–Kier alpha value is -3.81. The lowest BCUT2D eigenvalue weighted by molar-refractivity contribution is -0.152. The van der Waals surface area contributed by atoms with Crippen molar-refractivity contribution in [1.29, 1.82) is 0 Å². The monoisotopic (exact) mass is 499 g/mol. The molecule has 1 amide bonds. The molecule has 0 radical (unpaired) electrons. The zero-order valence-corrected chi connectivity index (χ0v) is 20.4. The van der Waals surface area contributed by atoms with E-state index in [2.05, 4.69) is 5.32 Å². The minimum Gasteiger partial charge on any atom is -0.478 e. The molecule has 3 rings (SSSR count). The van der Waals surface area contributed by atoms with Gasteiger partial charge in [0, 0.05) is 11.6 Å². The summed E-state index contributed by atoms with van der Waals surface area (Å²) in [6, 6.07) is 16.7. The molecule has 0 saturated heterocycles. The molecule has 5 nitrogen and oxygen atoms in total. The van der Waals surface area contributed by atoms with Crippen LogP contribution in [0.1, 0.15) is 47.8 Å². The predicted octanol–water partition coefficient (Wildman–Crippen LogP) is 6.28. The minimum absolute atomic E-state index is 0.206. The summed E-state index contributed by atoms with van der Waals surface area (Å²) in [5, 5.41) is 12.2. The fourth-order valence-corrected chi connectivity index (χ4v) is 3.67. The van der Waals surface area contributed by atoms with Gasteiger partial charge in [-0.05, 0) is 86.7 Å². The van der Waals surface area contributed by atoms with E-state index in [4.69, 9.17) is 4.74 Å². The van der Waals surface area contributed by atoms with Gasteiger partial charge < -0.3 is 15.2 Å². The number of ether oxygens (including phenoxy) is 1. The third-order valence-corrected chi connectivity index (χ3v) is 5.71. The SMILES string of the molecule is Cc1cc(CC(C)NC(=O)c2ccc(-c3cccc(C(F)(F)F)c3)cc2)ccc1OC(C)(C)C(=O)O. The third kappa shape index (κ3) is 6.65. The summed E-state index contributed by atoms with van der Waals surface area (Å²) < 4.78 is 44.6. The maximum absolute atomic E-state index is 13.0. The van der Waals surface area contributed by atoms with Gasteiger partial charge in [0.15, 0.2) is 5.60 Å². The van der Waals surface area contributed by atoms with Gasteiger partial charge in [-0.2, -0.15) is 13.2 Å². The Morgan fingerprint density at radius 2 is 1.64 bits per heavy atom. The number of alkyl halides is 3. The second kappa shape index (κ2) is 10.4. The number of carboxylic acid groups (broad SMARTS) is 1. The van der Waals surface area contributed by atoms with Crippen molar-refractivity contribution in [1.82, 2.24) is 5.32 Å². The van der Waals surface area contributed by atoms with Crippen LogP contribution in [0.4, 0.5) is 13.2 Å². The first-order valence-electron chi connectivity index (χ1n) is 11.4. The number of carboxylic acids is 1. The summed E-state index contributed by atoms with van der Waals surface area (Å²) in [7, 11) is 0. The smallest absolute Gasteiger partial charge is 0.416 e. The molecule has 0 aliphatic heterocycles. The second-order valence-corrected chi connectivity index (χ2v) is 9.25. The number of benzene rings is 3. The van der Waals surface area contributed by atoms with Gasteiger partial charge in [0.05, 0.1) is 5.56 Å². The molecule has 2 N–H and O–H groups in total. The second-order valence-electron chi connectivity index (χ2n) is 9.25. The summed E-state index contributed by atoms with van der Waals surface area (Å²) in [5.74, 6) is -0.883. The lowest BCUT2D eigenvalue weighted by atomic mass is 10.0. The Labute approximate surface area is 207 Å². The van der Waals surface area contributed by atoms with Crippen LogP contribution < -0.4 is 10.1 Å². The molecule has 8 heteroatoms. The van der Waals surface area contributed by atoms with E-state index in [1.54, 1.807) is 36.4 Å². The van der Waals surface area contributed by atoms with Crippen LogP contribution in [0.25, 0.3) is 11.1 Å². The molecule has 0 aromatic heterocycles. The van der Waals surface area contributed by atoms with E-state index in [0.717, 1.165) is 23.3 Å². The lowest BCUT2D eigenvalue weighted by Gasteiger charge is -2.23. The van der Waals surface area contributed by atoms with Gasteiger partial charge in [0.1, 0.15) is 5.75 Å². The van der Waals surface area contributed by atoms with Crippen LogP contribution >= 0.6 is 0 Å². The van der Waals surface area contributed by atoms with E-state index < -0.39 is 23.3 Å². The summed E-state index contributed by atoms with van der Waals surface area (Å²) in [6.07, 6.45) is -3.88. The van der Waals surface area contributed by atoms with Crippen molar-refractivity contribution in [3.8, 4) is 16.9 Å². The zero-order chi connectivity index (χ0) is 26.7. The molecule has 0 aliphatic rings. The van der Waals surface area contributed by atoms with Crippen molar-refractivity contribution in [3.63, 3.8) is 0 Å². The van der Waals surface area contributed by atoms with E-state index >= 15 is 0 Å². The van der Waals surface area contributed by atoms with Crippen LogP contribution in [0.15, 0.2) is 66.7 Å². The largest absolute Gasteiger partial charge is 0.478 e. The molecular weight excluding hydrogens is 471 g/mol. The van der Waals surface area contributed by atoms with Gasteiger partial charge >= 0.3 is 12.1 Å². The highest BCUT2D eigenvalue weighted by Crippen LogP contribution is 2.32. The maximum atomic E-state index is 13.0. The Morgan fingerprint density at radius 1 is 0.972 bits per heavy atom. The van der Waals surface area contributed by atoms with Gasteiger partial charge in [0.25, 0.3) is 5.91 Å². The topological polar surface area (TPSA) is 75.6 Å². The van der Waals surface area contributed by atoms with E-state index in [-0.39, 0.29) is 11.9 Å². The predicted molar refractivity (Wildman–Crippen MR) is 131 cm³/mol. The molecule has 0 fully saturated rings. The normalized spacial score (nSPS) is 12.6. The highest BCUT2D eigenvalue weighted by atomic mass is 19.4. The molecular formula is C28H28F3NO4. The molecule has 3 aromatic carbocycles. The number of rotatable bonds is 8. The number of amides is 1. The molecule has 36 heavy (non-hydrogen) atoms. The van der Waals surface area contributed by atoms with Gasteiger partial charge in [-0.1, -0.05) is 36.4 Å². The number of hydrogen-bond acceptors (Lipinski definition) is 3. The van der Waals surface area contributed by atoms with Crippen molar-refractivity contribution < 1.29 is 32.6 Å². The van der Waals surface area contributed by atoms with Crippen molar-refractivity contribution in [2.75, 3.05) is 0 Å². The van der Waals surface area contributed by atoms with Crippen LogP contribution in [-0.4, -0.2) is 28.6 Å². The molecule has 0 aliphatic carbocycles. The Kier molecular flexibility index (Phi) is 7.77. The van der Waals surface area contributed by atoms with Crippen molar-refractivity contribution >= 4 is 11.9 Å². The number of hydrogen-bond donors (Lipinski definition) is 2. The first kappa shape index (κ1) is 26.8. The lowest BCUT2D eigenvalue weighted by Crippen LogP contribution is -2.38. The maximum Gasteiger partial charge on any atom is 0.416 e. The van der Waals surface area contributed by atoms with E-state index in [9.17, 15) is 27.9 Å². The molecule has 1 unspecified atom stereocenters. The standard InChI is InChI=1S/C28H28F3NO4/c1-17-14-19(8-13-24(17)36-27(3,4)26(34)35)15-18(2)32-25(33)21-11-9-20(10-12-21)22-6-5-7-23(16-22)28(29,30)31/h5-14,16,18H,15H2,1-4H3,(H,32,33)(H,34,35). The highest BCUT2D eigenvalue weighted by molar-refractivity contribution is 5.94. The average Bonchev–Trinajstić information content (AvgIpc) is 2.80. The Bertz CT molecular complexity index is 1250. The van der Waals surface area contributed by atoms with E-state index in [1.165, 1.54) is 19.9 Å². The summed E-state index contributed by atoms with van der Waals surface area (Å²) >= 11 is 0. The number of aliphatic carboxylic acids is 1. The van der Waals surface area contributed by atoms with E-state index in [1.807, 2.05) is 26.0 Å². The highest BCUT2D eigenvalue weighted by Gasteiger charge is 2.31. The summed E-state index contributed by atoms with van der Waals surface area (Å²) in [6.45, 7) is 6.65. The molecule has 190 valence electrons. The van der Waals surface area contributed by atoms with Crippen LogP contribution in [0, 0.1) is 6.92 Å². The molecule has 1 atom stereocenters. The average molecular weight is 500 g/mol. The number of aryl methyl sites for hydroxylation is 1. The van der Waals surface area contributed by atoms with Gasteiger partial charge in [0.2, 0.25) is 0 Å². The van der Waals surface area contributed by atoms with Crippen LogP contribution in [0.2, 0.25) is 0 Å². The van der Waals surface area contributed by atoms with Gasteiger partial charge in [-0.25, -0.2) is 4.79 Å². The third-order valence-electron chi connectivity index (χ3n) is 5.71. The number of halogens is 3. The van der Waals surface area contributed by atoms with Crippen LogP contribution in [-0.2, 0) is 17.4 Å².